The molecule has 2 N–H and O–H groups in total. The van der Waals surface area contributed by atoms with Crippen molar-refractivity contribution >= 4 is 23.4 Å². The number of benzene rings is 2. The van der Waals surface area contributed by atoms with E-state index in [2.05, 4.69) is 20.8 Å². The minimum Gasteiger partial charge on any atom is -0.345 e. The highest BCUT2D eigenvalue weighted by Crippen LogP contribution is 2.17. The van der Waals surface area contributed by atoms with Gasteiger partial charge in [-0.25, -0.2) is 4.39 Å². The molecule has 1 heterocycles. The van der Waals surface area contributed by atoms with Crippen LogP contribution in [-0.2, 0) is 11.3 Å². The lowest BCUT2D eigenvalue weighted by atomic mass is 10.0. The van der Waals surface area contributed by atoms with Crippen molar-refractivity contribution in [2.24, 2.45) is 5.92 Å². The summed E-state index contributed by atoms with van der Waals surface area (Å²) in [5, 5.41) is 9.47. The van der Waals surface area contributed by atoms with Crippen LogP contribution in [0.15, 0.2) is 53.1 Å². The van der Waals surface area contributed by atoms with Gasteiger partial charge in [0.1, 0.15) is 11.9 Å². The first kappa shape index (κ1) is 21.4. The van der Waals surface area contributed by atoms with Crippen molar-refractivity contribution in [2.45, 2.75) is 26.4 Å². The Morgan fingerprint density at radius 3 is 2.63 bits per heavy atom. The summed E-state index contributed by atoms with van der Waals surface area (Å²) >= 11 is 6.05. The van der Waals surface area contributed by atoms with Gasteiger partial charge in [0, 0.05) is 5.56 Å². The largest absolute Gasteiger partial charge is 0.345 e. The summed E-state index contributed by atoms with van der Waals surface area (Å²) in [6, 6.07) is 11.6. The van der Waals surface area contributed by atoms with Crippen LogP contribution >= 0.6 is 11.6 Å². The van der Waals surface area contributed by atoms with Gasteiger partial charge in [-0.2, -0.15) is 4.98 Å². The molecule has 0 aliphatic heterocycles. The second-order valence-corrected chi connectivity index (χ2v) is 7.32. The first-order valence-corrected chi connectivity index (χ1v) is 9.64. The standard InChI is InChI=1S/C21H20ClFN4O3/c1-12(2)18(26-20(28)15-8-3-4-9-16(15)22)21(29)24-11-17-25-19(27-30-17)13-6-5-7-14(23)10-13/h3-10,12,18H,11H2,1-2H3,(H,24,29)(H,26,28). The van der Waals surface area contributed by atoms with Crippen LogP contribution in [0.2, 0.25) is 5.02 Å². The van der Waals surface area contributed by atoms with Crippen molar-refractivity contribution < 1.29 is 18.5 Å². The number of amides is 2. The third-order valence-corrected chi connectivity index (χ3v) is 4.65. The van der Waals surface area contributed by atoms with E-state index in [4.69, 9.17) is 16.1 Å². The minimum atomic E-state index is -0.792. The van der Waals surface area contributed by atoms with Crippen LogP contribution in [0.3, 0.4) is 0 Å². The van der Waals surface area contributed by atoms with Crippen LogP contribution in [-0.4, -0.2) is 28.0 Å². The highest BCUT2D eigenvalue weighted by Gasteiger charge is 2.25. The van der Waals surface area contributed by atoms with Gasteiger partial charge in [-0.15, -0.1) is 0 Å². The molecule has 0 aliphatic carbocycles. The van der Waals surface area contributed by atoms with Crippen molar-refractivity contribution in [3.05, 3.63) is 70.8 Å². The molecule has 9 heteroatoms. The maximum Gasteiger partial charge on any atom is 0.253 e. The molecule has 0 saturated heterocycles. The Morgan fingerprint density at radius 2 is 1.93 bits per heavy atom. The van der Waals surface area contributed by atoms with E-state index in [1.54, 1.807) is 30.3 Å². The number of hydrogen-bond acceptors (Lipinski definition) is 5. The molecule has 0 bridgehead atoms. The Kier molecular flexibility index (Phi) is 6.79. The fourth-order valence-electron chi connectivity index (χ4n) is 2.74. The zero-order valence-electron chi connectivity index (χ0n) is 16.4. The van der Waals surface area contributed by atoms with Gasteiger partial charge in [-0.3, -0.25) is 9.59 Å². The average Bonchev–Trinajstić information content (AvgIpc) is 3.19. The van der Waals surface area contributed by atoms with Gasteiger partial charge >= 0.3 is 0 Å². The third-order valence-electron chi connectivity index (χ3n) is 4.32. The molecule has 7 nitrogen and oxygen atoms in total. The average molecular weight is 431 g/mol. The second kappa shape index (κ2) is 9.49. The molecule has 2 aromatic carbocycles. The number of nitrogens with zero attached hydrogens (tertiary/aromatic N) is 2. The molecule has 0 fully saturated rings. The molecule has 3 rings (SSSR count). The fraction of sp³-hybridized carbons (Fsp3) is 0.238. The number of nitrogens with one attached hydrogen (secondary N) is 2. The van der Waals surface area contributed by atoms with Gasteiger partial charge in [0.2, 0.25) is 17.6 Å². The summed E-state index contributed by atoms with van der Waals surface area (Å²) in [5.41, 5.74) is 0.748. The van der Waals surface area contributed by atoms with Crippen molar-refractivity contribution in [3.63, 3.8) is 0 Å². The van der Waals surface area contributed by atoms with Crippen LogP contribution < -0.4 is 10.6 Å². The van der Waals surface area contributed by atoms with E-state index in [-0.39, 0.29) is 29.7 Å². The maximum absolute atomic E-state index is 13.3. The summed E-state index contributed by atoms with van der Waals surface area (Å²) in [4.78, 5) is 29.3. The van der Waals surface area contributed by atoms with Crippen molar-refractivity contribution in [1.29, 1.82) is 0 Å². The molecule has 1 unspecified atom stereocenters. The van der Waals surface area contributed by atoms with Crippen molar-refractivity contribution in [3.8, 4) is 11.4 Å². The normalized spacial score (nSPS) is 11.9. The Hall–Kier alpha value is -3.26. The Balaban J connectivity index is 1.63. The van der Waals surface area contributed by atoms with Crippen molar-refractivity contribution in [1.82, 2.24) is 20.8 Å². The zero-order chi connectivity index (χ0) is 21.7. The summed E-state index contributed by atoms with van der Waals surface area (Å²) in [6.07, 6.45) is 0. The van der Waals surface area contributed by atoms with Crippen LogP contribution in [0, 0.1) is 11.7 Å². The third kappa shape index (κ3) is 5.21. The molecule has 3 aromatic rings. The first-order valence-electron chi connectivity index (χ1n) is 9.26. The molecular formula is C21H20ClFN4O3. The lowest BCUT2D eigenvalue weighted by Crippen LogP contribution is -2.49. The van der Waals surface area contributed by atoms with Crippen LogP contribution in [0.4, 0.5) is 4.39 Å². The quantitative estimate of drug-likeness (QED) is 0.597. The monoisotopic (exact) mass is 430 g/mol. The van der Waals surface area contributed by atoms with Crippen LogP contribution in [0.5, 0.6) is 0 Å². The lowest BCUT2D eigenvalue weighted by molar-refractivity contribution is -0.124. The van der Waals surface area contributed by atoms with Gasteiger partial charge in [-0.1, -0.05) is 54.9 Å². The molecule has 0 aliphatic rings. The van der Waals surface area contributed by atoms with Crippen LogP contribution in [0.25, 0.3) is 11.4 Å². The van der Waals surface area contributed by atoms with Gasteiger partial charge < -0.3 is 15.2 Å². The Bertz CT molecular complexity index is 1050. The van der Waals surface area contributed by atoms with E-state index < -0.39 is 23.7 Å². The molecule has 156 valence electrons. The van der Waals surface area contributed by atoms with Gasteiger partial charge in [0.25, 0.3) is 5.91 Å². The number of aromatic nitrogens is 2. The number of carbonyl (C=O) groups is 2. The minimum absolute atomic E-state index is 0.0354. The van der Waals surface area contributed by atoms with Gasteiger partial charge in [-0.05, 0) is 30.2 Å². The van der Waals surface area contributed by atoms with Gasteiger partial charge in [0.05, 0.1) is 17.1 Å². The van der Waals surface area contributed by atoms with E-state index in [9.17, 15) is 14.0 Å². The smallest absolute Gasteiger partial charge is 0.253 e. The van der Waals surface area contributed by atoms with Crippen molar-refractivity contribution in [2.75, 3.05) is 0 Å². The Labute approximate surface area is 177 Å². The fourth-order valence-corrected chi connectivity index (χ4v) is 2.97. The zero-order valence-corrected chi connectivity index (χ0v) is 17.1. The topological polar surface area (TPSA) is 97.1 Å². The lowest BCUT2D eigenvalue weighted by Gasteiger charge is -2.21. The molecule has 30 heavy (non-hydrogen) atoms. The summed E-state index contributed by atoms with van der Waals surface area (Å²) in [6.45, 7) is 3.59. The Morgan fingerprint density at radius 1 is 1.17 bits per heavy atom. The molecule has 1 aromatic heterocycles. The van der Waals surface area contributed by atoms with E-state index in [1.807, 2.05) is 13.8 Å². The summed E-state index contributed by atoms with van der Waals surface area (Å²) in [7, 11) is 0. The van der Waals surface area contributed by atoms with Crippen LogP contribution in [0.1, 0.15) is 30.1 Å². The molecule has 1 atom stereocenters. The maximum atomic E-state index is 13.3. The van der Waals surface area contributed by atoms with E-state index in [1.165, 1.54) is 18.2 Å². The predicted molar refractivity (Wildman–Crippen MR) is 109 cm³/mol. The molecule has 0 radical (unpaired) electrons. The van der Waals surface area contributed by atoms with E-state index >= 15 is 0 Å². The number of hydrogen-bond donors (Lipinski definition) is 2. The van der Waals surface area contributed by atoms with E-state index in [0.717, 1.165) is 0 Å². The summed E-state index contributed by atoms with van der Waals surface area (Å²) < 4.78 is 18.5. The summed E-state index contributed by atoms with van der Waals surface area (Å²) in [5.74, 6) is -1.08. The van der Waals surface area contributed by atoms with Gasteiger partial charge in [0.15, 0.2) is 0 Å². The molecular weight excluding hydrogens is 411 g/mol. The number of carbonyl (C=O) groups excluding carboxylic acids is 2. The van der Waals surface area contributed by atoms with E-state index in [0.29, 0.717) is 10.6 Å². The number of halogens is 2. The number of rotatable bonds is 7. The SMILES string of the molecule is CC(C)C(NC(=O)c1ccccc1Cl)C(=O)NCc1nc(-c2cccc(F)c2)no1. The predicted octanol–water partition coefficient (Wildman–Crippen LogP) is 3.60. The highest BCUT2D eigenvalue weighted by molar-refractivity contribution is 6.33. The highest BCUT2D eigenvalue weighted by atomic mass is 35.5. The second-order valence-electron chi connectivity index (χ2n) is 6.91. The first-order chi connectivity index (χ1) is 14.3. The molecule has 0 spiro atoms. The molecule has 0 saturated carbocycles. The molecule has 2 amide bonds.